The standard InChI is InChI=1S/C25H31F3N4O/c1-3-8-24(4-2)18-23(10-13-33-24,21-7-5-6-11-31-21)9-12-30-16-19-14-20(15-29)22(32-17-19)25(26,27)28/h5-7,11,14,17,30H,3-4,8-10,12-13,16,18H2,1-2H3/t23-,24?/m1/s1. The fourth-order valence-electron chi connectivity index (χ4n) is 4.95. The van der Waals surface area contributed by atoms with Crippen molar-refractivity contribution in [3.8, 4) is 6.07 Å². The summed E-state index contributed by atoms with van der Waals surface area (Å²) in [5.74, 6) is 0. The lowest BCUT2D eigenvalue weighted by molar-refractivity contribution is -0.141. The van der Waals surface area contributed by atoms with Gasteiger partial charge in [-0.1, -0.05) is 26.3 Å². The van der Waals surface area contributed by atoms with Crippen LogP contribution in [0.3, 0.4) is 0 Å². The molecule has 0 amide bonds. The van der Waals surface area contributed by atoms with Gasteiger partial charge in [-0.25, -0.2) is 0 Å². The molecule has 178 valence electrons. The first-order valence-electron chi connectivity index (χ1n) is 11.5. The van der Waals surface area contributed by atoms with Gasteiger partial charge < -0.3 is 10.1 Å². The molecule has 1 aliphatic rings. The average Bonchev–Trinajstić information content (AvgIpc) is 2.82. The van der Waals surface area contributed by atoms with E-state index in [1.807, 2.05) is 18.3 Å². The second-order valence-corrected chi connectivity index (χ2v) is 8.83. The number of hydrogen-bond donors (Lipinski definition) is 1. The third kappa shape index (κ3) is 5.90. The van der Waals surface area contributed by atoms with Gasteiger partial charge in [0.2, 0.25) is 0 Å². The molecule has 1 unspecified atom stereocenters. The van der Waals surface area contributed by atoms with Gasteiger partial charge in [0.15, 0.2) is 5.69 Å². The highest BCUT2D eigenvalue weighted by Crippen LogP contribution is 2.46. The Morgan fingerprint density at radius 3 is 2.67 bits per heavy atom. The largest absolute Gasteiger partial charge is 0.434 e. The summed E-state index contributed by atoms with van der Waals surface area (Å²) < 4.78 is 45.2. The van der Waals surface area contributed by atoms with Gasteiger partial charge in [-0.05, 0) is 62.4 Å². The van der Waals surface area contributed by atoms with Crippen LogP contribution < -0.4 is 5.32 Å². The predicted molar refractivity (Wildman–Crippen MR) is 119 cm³/mol. The first-order valence-corrected chi connectivity index (χ1v) is 11.5. The SMILES string of the molecule is CCCC1(CC)C[C@](CCNCc2cnc(C(F)(F)F)c(C#N)c2)(c2ccccn2)CCO1. The van der Waals surface area contributed by atoms with Crippen LogP contribution in [0, 0.1) is 11.3 Å². The maximum absolute atomic E-state index is 13.0. The lowest BCUT2D eigenvalue weighted by Gasteiger charge is -2.48. The van der Waals surface area contributed by atoms with Crippen molar-refractivity contribution in [2.24, 2.45) is 0 Å². The van der Waals surface area contributed by atoms with E-state index in [0.717, 1.165) is 44.2 Å². The van der Waals surface area contributed by atoms with Crippen molar-refractivity contribution < 1.29 is 17.9 Å². The van der Waals surface area contributed by atoms with Gasteiger partial charge >= 0.3 is 6.18 Å². The molecule has 2 atom stereocenters. The Labute approximate surface area is 193 Å². The number of rotatable bonds is 9. The quantitative estimate of drug-likeness (QED) is 0.497. The second-order valence-electron chi connectivity index (χ2n) is 8.83. The molecule has 0 bridgehead atoms. The summed E-state index contributed by atoms with van der Waals surface area (Å²) in [6.45, 7) is 6.02. The van der Waals surface area contributed by atoms with Gasteiger partial charge in [-0.15, -0.1) is 0 Å². The highest BCUT2D eigenvalue weighted by molar-refractivity contribution is 5.37. The Morgan fingerprint density at radius 1 is 1.21 bits per heavy atom. The Morgan fingerprint density at radius 2 is 2.03 bits per heavy atom. The highest BCUT2D eigenvalue weighted by atomic mass is 19.4. The molecule has 1 N–H and O–H groups in total. The molecule has 2 aromatic rings. The summed E-state index contributed by atoms with van der Waals surface area (Å²) in [4.78, 5) is 8.18. The van der Waals surface area contributed by atoms with E-state index < -0.39 is 17.4 Å². The Hall–Kier alpha value is -2.50. The van der Waals surface area contributed by atoms with Gasteiger partial charge in [0, 0.05) is 36.7 Å². The van der Waals surface area contributed by atoms with Gasteiger partial charge in [-0.2, -0.15) is 18.4 Å². The van der Waals surface area contributed by atoms with Gasteiger partial charge in [-0.3, -0.25) is 9.97 Å². The number of aromatic nitrogens is 2. The van der Waals surface area contributed by atoms with E-state index in [9.17, 15) is 13.2 Å². The minimum absolute atomic E-state index is 0.131. The monoisotopic (exact) mass is 460 g/mol. The number of ether oxygens (including phenoxy) is 1. The third-order valence-electron chi connectivity index (χ3n) is 6.65. The number of nitrogens with zero attached hydrogens (tertiary/aromatic N) is 3. The minimum atomic E-state index is -4.64. The molecule has 2 aromatic heterocycles. The molecule has 5 nitrogen and oxygen atoms in total. The highest BCUT2D eigenvalue weighted by Gasteiger charge is 2.45. The number of hydrogen-bond acceptors (Lipinski definition) is 5. The van der Waals surface area contributed by atoms with Crippen molar-refractivity contribution in [3.63, 3.8) is 0 Å². The summed E-state index contributed by atoms with van der Waals surface area (Å²) in [6, 6.07) is 8.87. The van der Waals surface area contributed by atoms with E-state index in [1.165, 1.54) is 12.3 Å². The van der Waals surface area contributed by atoms with Crippen LogP contribution in [-0.2, 0) is 22.9 Å². The average molecular weight is 461 g/mol. The molecule has 0 spiro atoms. The van der Waals surface area contributed by atoms with Crippen LogP contribution in [0.4, 0.5) is 13.2 Å². The van der Waals surface area contributed by atoms with Crippen LogP contribution in [-0.4, -0.2) is 28.7 Å². The molecule has 1 fully saturated rings. The Bertz CT molecular complexity index is 956. The third-order valence-corrected chi connectivity index (χ3v) is 6.65. The molecule has 33 heavy (non-hydrogen) atoms. The summed E-state index contributed by atoms with van der Waals surface area (Å²) in [5, 5.41) is 12.4. The molecule has 3 heterocycles. The minimum Gasteiger partial charge on any atom is -0.375 e. The van der Waals surface area contributed by atoms with Crippen molar-refractivity contribution in [1.29, 1.82) is 5.26 Å². The zero-order valence-corrected chi connectivity index (χ0v) is 19.2. The van der Waals surface area contributed by atoms with Gasteiger partial charge in [0.25, 0.3) is 0 Å². The number of nitriles is 1. The molecule has 0 saturated carbocycles. The van der Waals surface area contributed by atoms with Crippen LogP contribution in [0.2, 0.25) is 0 Å². The lowest BCUT2D eigenvalue weighted by Crippen LogP contribution is -2.48. The summed E-state index contributed by atoms with van der Waals surface area (Å²) in [6.07, 6.45) is 3.95. The van der Waals surface area contributed by atoms with Crippen LogP contribution >= 0.6 is 0 Å². The molecule has 8 heteroatoms. The van der Waals surface area contributed by atoms with Crippen LogP contribution in [0.25, 0.3) is 0 Å². The zero-order valence-electron chi connectivity index (χ0n) is 19.2. The number of pyridine rings is 2. The molecular weight excluding hydrogens is 429 g/mol. The lowest BCUT2D eigenvalue weighted by atomic mass is 9.66. The van der Waals surface area contributed by atoms with Gasteiger partial charge in [0.1, 0.15) is 6.07 Å². The van der Waals surface area contributed by atoms with Crippen molar-refractivity contribution in [1.82, 2.24) is 15.3 Å². The number of alkyl halides is 3. The van der Waals surface area contributed by atoms with Gasteiger partial charge in [0.05, 0.1) is 11.2 Å². The molecule has 1 saturated heterocycles. The first kappa shape index (κ1) is 25.1. The van der Waals surface area contributed by atoms with E-state index in [4.69, 9.17) is 15.0 Å². The van der Waals surface area contributed by atoms with E-state index >= 15 is 0 Å². The van der Waals surface area contributed by atoms with E-state index in [-0.39, 0.29) is 11.0 Å². The molecular formula is C25H31F3N4O. The first-order chi connectivity index (χ1) is 15.8. The topological polar surface area (TPSA) is 70.8 Å². The summed E-state index contributed by atoms with van der Waals surface area (Å²) >= 11 is 0. The van der Waals surface area contributed by atoms with Crippen molar-refractivity contribution in [2.45, 2.75) is 76.1 Å². The van der Waals surface area contributed by atoms with E-state index in [2.05, 4.69) is 30.2 Å². The number of halogens is 3. The fraction of sp³-hybridized carbons (Fsp3) is 0.560. The normalized spacial score (nSPS) is 23.3. The molecule has 3 rings (SSSR count). The van der Waals surface area contributed by atoms with Crippen LogP contribution in [0.1, 0.15) is 74.9 Å². The van der Waals surface area contributed by atoms with Crippen LogP contribution in [0.5, 0.6) is 0 Å². The second kappa shape index (κ2) is 10.6. The van der Waals surface area contributed by atoms with E-state index in [0.29, 0.717) is 25.3 Å². The predicted octanol–water partition coefficient (Wildman–Crippen LogP) is 5.54. The van der Waals surface area contributed by atoms with Crippen molar-refractivity contribution in [2.75, 3.05) is 13.2 Å². The molecule has 0 radical (unpaired) electrons. The Balaban J connectivity index is 1.72. The summed E-state index contributed by atoms with van der Waals surface area (Å²) in [7, 11) is 0. The van der Waals surface area contributed by atoms with Crippen molar-refractivity contribution >= 4 is 0 Å². The zero-order chi connectivity index (χ0) is 24.0. The maximum atomic E-state index is 13.0. The van der Waals surface area contributed by atoms with Crippen molar-refractivity contribution in [3.05, 3.63) is 59.2 Å². The smallest absolute Gasteiger partial charge is 0.375 e. The molecule has 0 aromatic carbocycles. The number of nitrogens with one attached hydrogen (secondary N) is 1. The fourth-order valence-corrected chi connectivity index (χ4v) is 4.95. The summed E-state index contributed by atoms with van der Waals surface area (Å²) in [5.41, 5.74) is -0.281. The molecule has 0 aliphatic carbocycles. The van der Waals surface area contributed by atoms with E-state index in [1.54, 1.807) is 6.07 Å². The van der Waals surface area contributed by atoms with Crippen LogP contribution in [0.15, 0.2) is 36.7 Å². The maximum Gasteiger partial charge on any atom is 0.434 e. The Kier molecular flexibility index (Phi) is 8.09. The molecule has 1 aliphatic heterocycles.